The molecule has 0 aliphatic carbocycles. The lowest BCUT2D eigenvalue weighted by Crippen LogP contribution is -2.43. The Hall–Kier alpha value is -3.09. The number of benzene rings is 1. The van der Waals surface area contributed by atoms with E-state index in [1.165, 1.54) is 22.4 Å². The summed E-state index contributed by atoms with van der Waals surface area (Å²) in [6.07, 6.45) is 6.53. The normalized spacial score (nSPS) is 12.8. The first-order chi connectivity index (χ1) is 14.5. The molecule has 160 valence electrons. The van der Waals surface area contributed by atoms with Crippen LogP contribution in [0.25, 0.3) is 0 Å². The number of nitrogens with one attached hydrogen (secondary N) is 2. The highest BCUT2D eigenvalue weighted by Crippen LogP contribution is 2.14. The van der Waals surface area contributed by atoms with Crippen molar-refractivity contribution in [3.05, 3.63) is 71.1 Å². The molecule has 0 saturated heterocycles. The maximum atomic E-state index is 4.81. The standard InChI is InChI=1S/C23H33N7/c1-6-25-23(27-17(2)12-22-18(3)28-29(5)19(22)4)26-14-20-8-7-9-21(13-20)15-30-11-10-24-16-30/h7-11,13,16-17H,6,12,14-15H2,1-5H3,(H2,25,26,27). The smallest absolute Gasteiger partial charge is 0.191 e. The molecular weight excluding hydrogens is 374 g/mol. The third-order valence-electron chi connectivity index (χ3n) is 5.23. The number of aliphatic imine (C=N–C) groups is 1. The Morgan fingerprint density at radius 2 is 2.03 bits per heavy atom. The molecule has 3 rings (SSSR count). The second-order valence-electron chi connectivity index (χ2n) is 7.77. The van der Waals surface area contributed by atoms with Gasteiger partial charge < -0.3 is 15.2 Å². The van der Waals surface area contributed by atoms with Gasteiger partial charge in [-0.05, 0) is 50.8 Å². The molecule has 1 unspecified atom stereocenters. The lowest BCUT2D eigenvalue weighted by Gasteiger charge is -2.18. The number of hydrogen-bond acceptors (Lipinski definition) is 3. The molecule has 0 radical (unpaired) electrons. The van der Waals surface area contributed by atoms with E-state index in [0.29, 0.717) is 6.54 Å². The first-order valence-corrected chi connectivity index (χ1v) is 10.5. The van der Waals surface area contributed by atoms with Gasteiger partial charge in [-0.25, -0.2) is 9.98 Å². The van der Waals surface area contributed by atoms with E-state index >= 15 is 0 Å². The van der Waals surface area contributed by atoms with E-state index in [9.17, 15) is 0 Å². The number of imidazole rings is 1. The Labute approximate surface area is 179 Å². The molecule has 2 aromatic heterocycles. The molecule has 7 nitrogen and oxygen atoms in total. The van der Waals surface area contributed by atoms with Crippen LogP contribution in [-0.2, 0) is 26.6 Å². The highest BCUT2D eigenvalue weighted by Gasteiger charge is 2.14. The lowest BCUT2D eigenvalue weighted by molar-refractivity contribution is 0.635. The van der Waals surface area contributed by atoms with Gasteiger partial charge in [0.05, 0.1) is 18.6 Å². The maximum absolute atomic E-state index is 4.81. The summed E-state index contributed by atoms with van der Waals surface area (Å²) in [6, 6.07) is 8.80. The predicted molar refractivity (Wildman–Crippen MR) is 122 cm³/mol. The molecule has 0 amide bonds. The van der Waals surface area contributed by atoms with Crippen molar-refractivity contribution < 1.29 is 0 Å². The van der Waals surface area contributed by atoms with Crippen LogP contribution >= 0.6 is 0 Å². The monoisotopic (exact) mass is 407 g/mol. The number of aryl methyl sites for hydroxylation is 2. The summed E-state index contributed by atoms with van der Waals surface area (Å²) in [4.78, 5) is 8.92. The van der Waals surface area contributed by atoms with Gasteiger partial charge in [0, 0.05) is 44.3 Å². The summed E-state index contributed by atoms with van der Waals surface area (Å²) in [7, 11) is 2.00. The second kappa shape index (κ2) is 10.1. The van der Waals surface area contributed by atoms with Gasteiger partial charge in [-0.3, -0.25) is 4.68 Å². The van der Waals surface area contributed by atoms with Crippen molar-refractivity contribution in [3.63, 3.8) is 0 Å². The number of aromatic nitrogens is 4. The van der Waals surface area contributed by atoms with Gasteiger partial charge in [0.1, 0.15) is 0 Å². The quantitative estimate of drug-likeness (QED) is 0.445. The zero-order valence-electron chi connectivity index (χ0n) is 18.7. The molecule has 3 aromatic rings. The van der Waals surface area contributed by atoms with Gasteiger partial charge in [0.2, 0.25) is 0 Å². The summed E-state index contributed by atoms with van der Waals surface area (Å²) < 4.78 is 4.02. The predicted octanol–water partition coefficient (Wildman–Crippen LogP) is 2.97. The van der Waals surface area contributed by atoms with Crippen LogP contribution in [0.1, 0.15) is 41.9 Å². The molecule has 0 fully saturated rings. The van der Waals surface area contributed by atoms with E-state index in [4.69, 9.17) is 4.99 Å². The number of guanidine groups is 1. The highest BCUT2D eigenvalue weighted by molar-refractivity contribution is 5.80. The van der Waals surface area contributed by atoms with Crippen molar-refractivity contribution in [2.24, 2.45) is 12.0 Å². The molecule has 2 N–H and O–H groups in total. The lowest BCUT2D eigenvalue weighted by atomic mass is 10.1. The van der Waals surface area contributed by atoms with Crippen LogP contribution in [0.2, 0.25) is 0 Å². The molecule has 0 aliphatic heterocycles. The molecule has 0 bridgehead atoms. The molecule has 7 heteroatoms. The molecule has 1 aromatic carbocycles. The zero-order chi connectivity index (χ0) is 21.5. The maximum Gasteiger partial charge on any atom is 0.191 e. The van der Waals surface area contributed by atoms with E-state index < -0.39 is 0 Å². The van der Waals surface area contributed by atoms with Crippen molar-refractivity contribution in [3.8, 4) is 0 Å². The molecule has 0 aliphatic rings. The van der Waals surface area contributed by atoms with Crippen LogP contribution in [-0.4, -0.2) is 37.9 Å². The molecular formula is C23H33N7. The van der Waals surface area contributed by atoms with Crippen molar-refractivity contribution in [1.82, 2.24) is 30.0 Å². The van der Waals surface area contributed by atoms with Crippen LogP contribution in [0.15, 0.2) is 48.0 Å². The van der Waals surface area contributed by atoms with Crippen LogP contribution in [0, 0.1) is 13.8 Å². The topological polar surface area (TPSA) is 72.1 Å². The SMILES string of the molecule is CCNC(=NCc1cccc(Cn2ccnc2)c1)NC(C)Cc1c(C)nn(C)c1C. The fourth-order valence-corrected chi connectivity index (χ4v) is 3.61. The fraction of sp³-hybridized carbons (Fsp3) is 0.435. The van der Waals surface area contributed by atoms with E-state index in [0.717, 1.165) is 31.2 Å². The average molecular weight is 408 g/mol. The van der Waals surface area contributed by atoms with Crippen LogP contribution < -0.4 is 10.6 Å². The van der Waals surface area contributed by atoms with Crippen molar-refractivity contribution in [2.75, 3.05) is 6.54 Å². The summed E-state index contributed by atoms with van der Waals surface area (Å²) in [5.74, 6) is 0.837. The van der Waals surface area contributed by atoms with Gasteiger partial charge in [-0.15, -0.1) is 0 Å². The minimum atomic E-state index is 0.247. The Bertz CT molecular complexity index is 970. The van der Waals surface area contributed by atoms with Crippen LogP contribution in [0.5, 0.6) is 0 Å². The van der Waals surface area contributed by atoms with E-state index in [1.807, 2.05) is 24.3 Å². The number of nitrogens with zero attached hydrogens (tertiary/aromatic N) is 5. The summed E-state index contributed by atoms with van der Waals surface area (Å²) in [6.45, 7) is 10.7. The Morgan fingerprint density at radius 3 is 2.70 bits per heavy atom. The van der Waals surface area contributed by atoms with Crippen LogP contribution in [0.3, 0.4) is 0 Å². The van der Waals surface area contributed by atoms with E-state index in [-0.39, 0.29) is 6.04 Å². The Kier molecular flexibility index (Phi) is 7.27. The summed E-state index contributed by atoms with van der Waals surface area (Å²) in [5.41, 5.74) is 6.06. The van der Waals surface area contributed by atoms with E-state index in [1.54, 1.807) is 6.20 Å². The minimum Gasteiger partial charge on any atom is -0.357 e. The van der Waals surface area contributed by atoms with Gasteiger partial charge >= 0.3 is 0 Å². The Balaban J connectivity index is 1.64. The summed E-state index contributed by atoms with van der Waals surface area (Å²) in [5, 5.41) is 11.4. The third kappa shape index (κ3) is 5.72. The van der Waals surface area contributed by atoms with Gasteiger partial charge in [-0.1, -0.05) is 24.3 Å². The van der Waals surface area contributed by atoms with Crippen molar-refractivity contribution in [2.45, 2.75) is 53.2 Å². The first kappa shape index (κ1) is 21.6. The second-order valence-corrected chi connectivity index (χ2v) is 7.77. The van der Waals surface area contributed by atoms with E-state index in [2.05, 4.69) is 77.2 Å². The molecule has 2 heterocycles. The molecule has 0 saturated carbocycles. The van der Waals surface area contributed by atoms with Crippen molar-refractivity contribution >= 4 is 5.96 Å². The van der Waals surface area contributed by atoms with Gasteiger partial charge in [0.25, 0.3) is 0 Å². The summed E-state index contributed by atoms with van der Waals surface area (Å²) >= 11 is 0. The van der Waals surface area contributed by atoms with Gasteiger partial charge in [-0.2, -0.15) is 5.10 Å². The molecule has 30 heavy (non-hydrogen) atoms. The minimum absolute atomic E-state index is 0.247. The fourth-order valence-electron chi connectivity index (χ4n) is 3.61. The molecule has 1 atom stereocenters. The average Bonchev–Trinajstić information content (AvgIpc) is 3.30. The van der Waals surface area contributed by atoms with Gasteiger partial charge in [0.15, 0.2) is 5.96 Å². The van der Waals surface area contributed by atoms with Crippen LogP contribution in [0.4, 0.5) is 0 Å². The largest absolute Gasteiger partial charge is 0.357 e. The zero-order valence-corrected chi connectivity index (χ0v) is 18.7. The Morgan fingerprint density at radius 1 is 1.23 bits per heavy atom. The van der Waals surface area contributed by atoms with Crippen molar-refractivity contribution in [1.29, 1.82) is 0 Å². The third-order valence-corrected chi connectivity index (χ3v) is 5.23. The first-order valence-electron chi connectivity index (χ1n) is 10.5. The highest BCUT2D eigenvalue weighted by atomic mass is 15.3. The number of rotatable bonds is 8. The number of hydrogen-bond donors (Lipinski definition) is 2. The molecule has 0 spiro atoms.